The van der Waals surface area contributed by atoms with E-state index in [9.17, 15) is 4.79 Å². The van der Waals surface area contributed by atoms with E-state index in [1.807, 2.05) is 26.1 Å². The van der Waals surface area contributed by atoms with Crippen molar-refractivity contribution in [1.29, 1.82) is 0 Å². The molecule has 21 heavy (non-hydrogen) atoms. The Morgan fingerprint density at radius 1 is 1.14 bits per heavy atom. The predicted octanol–water partition coefficient (Wildman–Crippen LogP) is 3.95. The molecule has 2 aromatic carbocycles. The highest BCUT2D eigenvalue weighted by molar-refractivity contribution is 6.31. The Morgan fingerprint density at radius 3 is 2.52 bits per heavy atom. The summed E-state index contributed by atoms with van der Waals surface area (Å²) < 4.78 is 5.21. The molecule has 0 radical (unpaired) electrons. The fourth-order valence-corrected chi connectivity index (χ4v) is 2.23. The molecule has 2 aromatic rings. The van der Waals surface area contributed by atoms with E-state index in [1.54, 1.807) is 31.4 Å². The lowest BCUT2D eigenvalue weighted by atomic mass is 10.1. The van der Waals surface area contributed by atoms with Crippen molar-refractivity contribution in [3.05, 3.63) is 52.5 Å². The van der Waals surface area contributed by atoms with Crippen LogP contribution in [0.4, 0.5) is 11.4 Å². The quantitative estimate of drug-likeness (QED) is 0.899. The standard InChI is InChI=1S/C16H17ClN2O2/c1-10-8-11(4-6-13(10)18-2)16(20)19-14-9-12(17)5-7-15(14)21-3/h4-9,18H,1-3H3,(H,19,20). The van der Waals surface area contributed by atoms with Gasteiger partial charge in [-0.3, -0.25) is 4.79 Å². The van der Waals surface area contributed by atoms with E-state index < -0.39 is 0 Å². The highest BCUT2D eigenvalue weighted by Gasteiger charge is 2.11. The number of nitrogens with one attached hydrogen (secondary N) is 2. The molecular weight excluding hydrogens is 288 g/mol. The molecule has 0 atom stereocenters. The molecule has 1 amide bonds. The van der Waals surface area contributed by atoms with E-state index in [2.05, 4.69) is 10.6 Å². The molecule has 0 spiro atoms. The van der Waals surface area contributed by atoms with Gasteiger partial charge >= 0.3 is 0 Å². The number of rotatable bonds is 4. The SMILES string of the molecule is CNc1ccc(C(=O)Nc2cc(Cl)ccc2OC)cc1C. The Hall–Kier alpha value is -2.20. The topological polar surface area (TPSA) is 50.4 Å². The van der Waals surface area contributed by atoms with E-state index in [1.165, 1.54) is 0 Å². The largest absolute Gasteiger partial charge is 0.495 e. The van der Waals surface area contributed by atoms with Crippen LogP contribution in [-0.4, -0.2) is 20.1 Å². The molecule has 0 heterocycles. The number of carbonyl (C=O) groups excluding carboxylic acids is 1. The zero-order valence-corrected chi connectivity index (χ0v) is 12.9. The molecule has 0 saturated carbocycles. The Bertz CT molecular complexity index is 671. The normalized spacial score (nSPS) is 10.1. The lowest BCUT2D eigenvalue weighted by Gasteiger charge is -2.12. The smallest absolute Gasteiger partial charge is 0.255 e. The zero-order valence-electron chi connectivity index (χ0n) is 12.2. The van der Waals surface area contributed by atoms with Gasteiger partial charge in [0.1, 0.15) is 5.75 Å². The third kappa shape index (κ3) is 3.47. The molecule has 4 nitrogen and oxygen atoms in total. The van der Waals surface area contributed by atoms with Gasteiger partial charge in [0.2, 0.25) is 0 Å². The van der Waals surface area contributed by atoms with Gasteiger partial charge in [-0.1, -0.05) is 11.6 Å². The molecule has 0 aliphatic heterocycles. The summed E-state index contributed by atoms with van der Waals surface area (Å²) >= 11 is 5.95. The Labute approximate surface area is 129 Å². The van der Waals surface area contributed by atoms with Crippen molar-refractivity contribution in [3.63, 3.8) is 0 Å². The highest BCUT2D eigenvalue weighted by atomic mass is 35.5. The van der Waals surface area contributed by atoms with Crippen LogP contribution < -0.4 is 15.4 Å². The number of aryl methyl sites for hydroxylation is 1. The lowest BCUT2D eigenvalue weighted by Crippen LogP contribution is -2.13. The summed E-state index contributed by atoms with van der Waals surface area (Å²) in [5, 5.41) is 6.42. The van der Waals surface area contributed by atoms with E-state index in [4.69, 9.17) is 16.3 Å². The predicted molar refractivity (Wildman–Crippen MR) is 86.7 cm³/mol. The molecule has 0 saturated heterocycles. The maximum Gasteiger partial charge on any atom is 0.255 e. The van der Waals surface area contributed by atoms with E-state index in [-0.39, 0.29) is 5.91 Å². The second kappa shape index (κ2) is 6.50. The lowest BCUT2D eigenvalue weighted by molar-refractivity contribution is 0.102. The Kier molecular flexibility index (Phi) is 4.70. The van der Waals surface area contributed by atoms with Gasteiger partial charge in [0.25, 0.3) is 5.91 Å². The van der Waals surface area contributed by atoms with Crippen LogP contribution in [0.3, 0.4) is 0 Å². The van der Waals surface area contributed by atoms with Crippen LogP contribution in [0.1, 0.15) is 15.9 Å². The van der Waals surface area contributed by atoms with Gasteiger partial charge in [-0.2, -0.15) is 0 Å². The van der Waals surface area contributed by atoms with Crippen LogP contribution in [0, 0.1) is 6.92 Å². The molecule has 0 aliphatic carbocycles. The van der Waals surface area contributed by atoms with Crippen molar-refractivity contribution < 1.29 is 9.53 Å². The van der Waals surface area contributed by atoms with Gasteiger partial charge < -0.3 is 15.4 Å². The maximum atomic E-state index is 12.3. The van der Waals surface area contributed by atoms with Crippen LogP contribution in [0.2, 0.25) is 5.02 Å². The summed E-state index contributed by atoms with van der Waals surface area (Å²) in [5.74, 6) is 0.359. The molecule has 2 rings (SSSR count). The van der Waals surface area contributed by atoms with Crippen LogP contribution in [-0.2, 0) is 0 Å². The van der Waals surface area contributed by atoms with Crippen LogP contribution in [0.25, 0.3) is 0 Å². The molecule has 0 unspecified atom stereocenters. The second-order valence-electron chi connectivity index (χ2n) is 4.58. The van der Waals surface area contributed by atoms with Crippen molar-refractivity contribution in [2.45, 2.75) is 6.92 Å². The van der Waals surface area contributed by atoms with Gasteiger partial charge in [-0.15, -0.1) is 0 Å². The van der Waals surface area contributed by atoms with Gasteiger partial charge in [0.05, 0.1) is 12.8 Å². The first-order chi connectivity index (χ1) is 10.0. The van der Waals surface area contributed by atoms with Crippen LogP contribution in [0.15, 0.2) is 36.4 Å². The molecular formula is C16H17ClN2O2. The fraction of sp³-hybridized carbons (Fsp3) is 0.188. The molecule has 5 heteroatoms. The summed E-state index contributed by atoms with van der Waals surface area (Å²) in [7, 11) is 3.39. The third-order valence-electron chi connectivity index (χ3n) is 3.17. The number of hydrogen-bond acceptors (Lipinski definition) is 3. The molecule has 2 N–H and O–H groups in total. The first-order valence-corrected chi connectivity index (χ1v) is 6.86. The average Bonchev–Trinajstić information content (AvgIpc) is 2.47. The number of methoxy groups -OCH3 is 1. The number of halogens is 1. The molecule has 0 bridgehead atoms. The third-order valence-corrected chi connectivity index (χ3v) is 3.40. The number of hydrogen-bond donors (Lipinski definition) is 2. The van der Waals surface area contributed by atoms with Crippen molar-refractivity contribution in [2.75, 3.05) is 24.8 Å². The fourth-order valence-electron chi connectivity index (χ4n) is 2.06. The maximum absolute atomic E-state index is 12.3. The number of amides is 1. The first kappa shape index (κ1) is 15.2. The Morgan fingerprint density at radius 2 is 1.90 bits per heavy atom. The van der Waals surface area contributed by atoms with E-state index in [0.29, 0.717) is 22.0 Å². The summed E-state index contributed by atoms with van der Waals surface area (Å²) in [4.78, 5) is 12.3. The minimum absolute atomic E-state index is 0.207. The summed E-state index contributed by atoms with van der Waals surface area (Å²) in [6, 6.07) is 10.6. The van der Waals surface area contributed by atoms with Gasteiger partial charge in [0, 0.05) is 23.3 Å². The van der Waals surface area contributed by atoms with Gasteiger partial charge in [0.15, 0.2) is 0 Å². The van der Waals surface area contributed by atoms with Crippen LogP contribution >= 0.6 is 11.6 Å². The number of benzene rings is 2. The minimum Gasteiger partial charge on any atom is -0.495 e. The van der Waals surface area contributed by atoms with Crippen LogP contribution in [0.5, 0.6) is 5.75 Å². The summed E-state index contributed by atoms with van der Waals surface area (Å²) in [6.07, 6.45) is 0. The Balaban J connectivity index is 2.26. The van der Waals surface area contributed by atoms with Gasteiger partial charge in [-0.05, 0) is 48.9 Å². The number of anilines is 2. The molecule has 0 aromatic heterocycles. The van der Waals surface area contributed by atoms with Crippen molar-refractivity contribution in [3.8, 4) is 5.75 Å². The summed E-state index contributed by atoms with van der Waals surface area (Å²) in [6.45, 7) is 1.95. The molecule has 0 fully saturated rings. The summed E-state index contributed by atoms with van der Waals surface area (Å²) in [5.41, 5.74) is 3.12. The number of carbonyl (C=O) groups is 1. The van der Waals surface area contributed by atoms with Crippen molar-refractivity contribution >= 4 is 28.9 Å². The zero-order chi connectivity index (χ0) is 15.4. The van der Waals surface area contributed by atoms with E-state index >= 15 is 0 Å². The minimum atomic E-state index is -0.207. The van der Waals surface area contributed by atoms with E-state index in [0.717, 1.165) is 11.3 Å². The highest BCUT2D eigenvalue weighted by Crippen LogP contribution is 2.28. The second-order valence-corrected chi connectivity index (χ2v) is 5.01. The first-order valence-electron chi connectivity index (χ1n) is 6.48. The number of ether oxygens (including phenoxy) is 1. The van der Waals surface area contributed by atoms with Crippen molar-refractivity contribution in [1.82, 2.24) is 0 Å². The molecule has 0 aliphatic rings. The molecule has 110 valence electrons. The monoisotopic (exact) mass is 304 g/mol. The van der Waals surface area contributed by atoms with Crippen molar-refractivity contribution in [2.24, 2.45) is 0 Å². The van der Waals surface area contributed by atoms with Gasteiger partial charge in [-0.25, -0.2) is 0 Å². The average molecular weight is 305 g/mol.